The minimum atomic E-state index is -0.143. The molecule has 2 aromatic rings. The fourth-order valence-electron chi connectivity index (χ4n) is 3.37. The number of nitrogens with zero attached hydrogens (tertiary/aromatic N) is 4. The number of hydrogen-bond acceptors (Lipinski definition) is 4. The molecular formula is C20H27N5O2. The van der Waals surface area contributed by atoms with Crippen molar-refractivity contribution in [2.24, 2.45) is 16.8 Å². The Balaban J connectivity index is 1.68. The Morgan fingerprint density at radius 2 is 2.11 bits per heavy atom. The fraction of sp³-hybridized carbons (Fsp3) is 0.450. The van der Waals surface area contributed by atoms with Gasteiger partial charge in [0.1, 0.15) is 0 Å². The van der Waals surface area contributed by atoms with E-state index in [-0.39, 0.29) is 17.8 Å². The molecule has 27 heavy (non-hydrogen) atoms. The van der Waals surface area contributed by atoms with Gasteiger partial charge in [0, 0.05) is 32.0 Å². The van der Waals surface area contributed by atoms with Gasteiger partial charge in [0.05, 0.1) is 25.3 Å². The number of rotatable bonds is 5. The molecule has 1 fully saturated rings. The first-order valence-electron chi connectivity index (χ1n) is 9.32. The summed E-state index contributed by atoms with van der Waals surface area (Å²) in [5.74, 6) is 0.837. The van der Waals surface area contributed by atoms with E-state index in [1.165, 1.54) is 7.11 Å². The Kier molecular flexibility index (Phi) is 6.11. The van der Waals surface area contributed by atoms with Gasteiger partial charge in [-0.2, -0.15) is 5.10 Å². The van der Waals surface area contributed by atoms with Crippen molar-refractivity contribution in [3.8, 4) is 5.69 Å². The standard InChI is InChI=1S/C20H27N5O2/c1-4-21-20(24-13-15(2)18(14-24)19(26)27-3)22-12-16-6-8-17(9-7-16)25-11-5-10-23-25/h5-11,15,18H,4,12-14H2,1-3H3,(H,21,22). The summed E-state index contributed by atoms with van der Waals surface area (Å²) in [6.07, 6.45) is 3.68. The predicted molar refractivity (Wildman–Crippen MR) is 105 cm³/mol. The van der Waals surface area contributed by atoms with Crippen molar-refractivity contribution in [2.75, 3.05) is 26.7 Å². The highest BCUT2D eigenvalue weighted by molar-refractivity contribution is 5.82. The van der Waals surface area contributed by atoms with Crippen LogP contribution in [0.25, 0.3) is 5.69 Å². The summed E-state index contributed by atoms with van der Waals surface area (Å²) in [6.45, 7) is 6.92. The van der Waals surface area contributed by atoms with Crippen molar-refractivity contribution in [1.29, 1.82) is 0 Å². The Labute approximate surface area is 160 Å². The fourth-order valence-corrected chi connectivity index (χ4v) is 3.37. The Morgan fingerprint density at radius 3 is 2.74 bits per heavy atom. The summed E-state index contributed by atoms with van der Waals surface area (Å²) in [6, 6.07) is 10.1. The molecule has 0 radical (unpaired) electrons. The lowest BCUT2D eigenvalue weighted by atomic mass is 9.99. The van der Waals surface area contributed by atoms with Gasteiger partial charge < -0.3 is 15.0 Å². The van der Waals surface area contributed by atoms with E-state index in [0.717, 1.165) is 30.3 Å². The normalized spacial score (nSPS) is 20.0. The summed E-state index contributed by atoms with van der Waals surface area (Å²) in [4.78, 5) is 18.9. The highest BCUT2D eigenvalue weighted by atomic mass is 16.5. The van der Waals surface area contributed by atoms with Crippen LogP contribution in [0.3, 0.4) is 0 Å². The van der Waals surface area contributed by atoms with Gasteiger partial charge in [-0.25, -0.2) is 9.67 Å². The molecule has 2 unspecified atom stereocenters. The van der Waals surface area contributed by atoms with Crippen LogP contribution < -0.4 is 5.32 Å². The number of nitrogens with one attached hydrogen (secondary N) is 1. The van der Waals surface area contributed by atoms with Crippen LogP contribution in [-0.4, -0.2) is 53.4 Å². The molecule has 2 heterocycles. The van der Waals surface area contributed by atoms with E-state index in [2.05, 4.69) is 34.4 Å². The van der Waals surface area contributed by atoms with Crippen LogP contribution >= 0.6 is 0 Å². The van der Waals surface area contributed by atoms with E-state index in [0.29, 0.717) is 13.1 Å². The Hall–Kier alpha value is -2.83. The van der Waals surface area contributed by atoms with Gasteiger partial charge in [0.15, 0.2) is 5.96 Å². The summed E-state index contributed by atoms with van der Waals surface area (Å²) in [5.41, 5.74) is 2.15. The quantitative estimate of drug-likeness (QED) is 0.496. The van der Waals surface area contributed by atoms with E-state index in [1.54, 1.807) is 6.20 Å². The van der Waals surface area contributed by atoms with Crippen LogP contribution in [-0.2, 0) is 16.1 Å². The maximum absolute atomic E-state index is 11.9. The number of methoxy groups -OCH3 is 1. The topological polar surface area (TPSA) is 71.8 Å². The molecule has 0 saturated carbocycles. The number of aliphatic imine (C=N–C) groups is 1. The van der Waals surface area contributed by atoms with E-state index in [9.17, 15) is 4.79 Å². The minimum Gasteiger partial charge on any atom is -0.469 e. The lowest BCUT2D eigenvalue weighted by Crippen LogP contribution is -2.40. The van der Waals surface area contributed by atoms with E-state index in [4.69, 9.17) is 9.73 Å². The summed E-state index contributed by atoms with van der Waals surface area (Å²) >= 11 is 0. The summed E-state index contributed by atoms with van der Waals surface area (Å²) < 4.78 is 6.76. The van der Waals surface area contributed by atoms with Crippen LogP contribution in [0.2, 0.25) is 0 Å². The molecule has 1 aliphatic rings. The van der Waals surface area contributed by atoms with Gasteiger partial charge in [-0.15, -0.1) is 0 Å². The molecular weight excluding hydrogens is 342 g/mol. The zero-order chi connectivity index (χ0) is 19.2. The highest BCUT2D eigenvalue weighted by Crippen LogP contribution is 2.24. The second-order valence-electron chi connectivity index (χ2n) is 6.80. The highest BCUT2D eigenvalue weighted by Gasteiger charge is 2.36. The molecule has 0 bridgehead atoms. The number of esters is 1. The van der Waals surface area contributed by atoms with Gasteiger partial charge in [-0.1, -0.05) is 19.1 Å². The molecule has 2 atom stereocenters. The molecule has 3 rings (SSSR count). The molecule has 0 amide bonds. The van der Waals surface area contributed by atoms with Crippen LogP contribution in [0.1, 0.15) is 19.4 Å². The van der Waals surface area contributed by atoms with Crippen molar-refractivity contribution >= 4 is 11.9 Å². The van der Waals surface area contributed by atoms with Gasteiger partial charge in [0.2, 0.25) is 0 Å². The zero-order valence-corrected chi connectivity index (χ0v) is 16.1. The van der Waals surface area contributed by atoms with Crippen molar-refractivity contribution in [3.05, 3.63) is 48.3 Å². The average Bonchev–Trinajstić information content (AvgIpc) is 3.35. The van der Waals surface area contributed by atoms with Crippen LogP contribution in [0.15, 0.2) is 47.7 Å². The predicted octanol–water partition coefficient (Wildman–Crippen LogP) is 2.08. The lowest BCUT2D eigenvalue weighted by molar-refractivity contribution is -0.145. The Bertz CT molecular complexity index is 770. The number of carbonyl (C=O) groups excluding carboxylic acids is 1. The number of carbonyl (C=O) groups is 1. The number of likely N-dealkylation sites (tertiary alicyclic amines) is 1. The smallest absolute Gasteiger partial charge is 0.310 e. The molecule has 1 aromatic heterocycles. The van der Waals surface area contributed by atoms with Crippen LogP contribution in [0.5, 0.6) is 0 Å². The van der Waals surface area contributed by atoms with Crippen molar-refractivity contribution < 1.29 is 9.53 Å². The molecule has 1 saturated heterocycles. The first kappa shape index (κ1) is 18.9. The molecule has 0 aliphatic carbocycles. The van der Waals surface area contributed by atoms with E-state index >= 15 is 0 Å². The van der Waals surface area contributed by atoms with Gasteiger partial charge in [-0.3, -0.25) is 4.79 Å². The number of ether oxygens (including phenoxy) is 1. The Morgan fingerprint density at radius 1 is 1.33 bits per heavy atom. The lowest BCUT2D eigenvalue weighted by Gasteiger charge is -2.21. The number of aromatic nitrogens is 2. The summed E-state index contributed by atoms with van der Waals surface area (Å²) in [5, 5.41) is 7.57. The van der Waals surface area contributed by atoms with Crippen LogP contribution in [0.4, 0.5) is 0 Å². The summed E-state index contributed by atoms with van der Waals surface area (Å²) in [7, 11) is 1.45. The monoisotopic (exact) mass is 369 g/mol. The first-order valence-corrected chi connectivity index (χ1v) is 9.32. The van der Waals surface area contributed by atoms with Crippen LogP contribution in [0, 0.1) is 11.8 Å². The largest absolute Gasteiger partial charge is 0.469 e. The van der Waals surface area contributed by atoms with E-state index in [1.807, 2.05) is 36.0 Å². The van der Waals surface area contributed by atoms with Crippen molar-refractivity contribution in [1.82, 2.24) is 20.0 Å². The number of guanidine groups is 1. The second-order valence-corrected chi connectivity index (χ2v) is 6.80. The third-order valence-electron chi connectivity index (χ3n) is 4.87. The molecule has 1 aromatic carbocycles. The van der Waals surface area contributed by atoms with Gasteiger partial charge >= 0.3 is 5.97 Å². The number of hydrogen-bond donors (Lipinski definition) is 1. The third-order valence-corrected chi connectivity index (χ3v) is 4.87. The maximum atomic E-state index is 11.9. The van der Waals surface area contributed by atoms with Crippen molar-refractivity contribution in [2.45, 2.75) is 20.4 Å². The molecule has 7 nitrogen and oxygen atoms in total. The maximum Gasteiger partial charge on any atom is 0.310 e. The molecule has 0 spiro atoms. The van der Waals surface area contributed by atoms with E-state index < -0.39 is 0 Å². The molecule has 1 aliphatic heterocycles. The molecule has 7 heteroatoms. The number of benzene rings is 1. The molecule has 144 valence electrons. The third kappa shape index (κ3) is 4.48. The van der Waals surface area contributed by atoms with Gasteiger partial charge in [0.25, 0.3) is 0 Å². The second kappa shape index (κ2) is 8.70. The SMILES string of the molecule is CCNC(=NCc1ccc(-n2cccn2)cc1)N1CC(C)C(C(=O)OC)C1. The first-order chi connectivity index (χ1) is 13.1. The molecule has 1 N–H and O–H groups in total. The minimum absolute atomic E-state index is 0.104. The van der Waals surface area contributed by atoms with Gasteiger partial charge in [-0.05, 0) is 36.6 Å². The average molecular weight is 369 g/mol. The van der Waals surface area contributed by atoms with Crippen molar-refractivity contribution in [3.63, 3.8) is 0 Å². The zero-order valence-electron chi connectivity index (χ0n) is 16.1.